The SMILES string of the molecule is COC(=O)Cn1c(=NC(=O)Cc2cc(C)ccc2OC)sc2cc(C(C)C)ccc21. The van der Waals surface area contributed by atoms with E-state index >= 15 is 0 Å². The van der Waals surface area contributed by atoms with Crippen molar-refractivity contribution in [1.82, 2.24) is 4.57 Å². The van der Waals surface area contributed by atoms with Crippen LogP contribution in [0.1, 0.15) is 36.5 Å². The Kier molecular flexibility index (Phi) is 6.72. The van der Waals surface area contributed by atoms with Gasteiger partial charge in [0.05, 0.1) is 30.9 Å². The van der Waals surface area contributed by atoms with E-state index in [2.05, 4.69) is 24.9 Å². The van der Waals surface area contributed by atoms with Crippen molar-refractivity contribution in [2.75, 3.05) is 14.2 Å². The number of aryl methyl sites for hydroxylation is 1. The molecule has 1 heterocycles. The molecule has 3 aromatic rings. The number of ether oxygens (including phenoxy) is 2. The van der Waals surface area contributed by atoms with Crippen LogP contribution in [0.3, 0.4) is 0 Å². The number of rotatable bonds is 6. The lowest BCUT2D eigenvalue weighted by Gasteiger charge is -2.08. The molecule has 3 rings (SSSR count). The average Bonchev–Trinajstić information content (AvgIpc) is 3.03. The van der Waals surface area contributed by atoms with Crippen LogP contribution in [0.25, 0.3) is 10.2 Å². The highest BCUT2D eigenvalue weighted by atomic mass is 32.1. The summed E-state index contributed by atoms with van der Waals surface area (Å²) in [6.45, 7) is 6.22. The van der Waals surface area contributed by atoms with Gasteiger partial charge in [-0.25, -0.2) is 0 Å². The highest BCUT2D eigenvalue weighted by Crippen LogP contribution is 2.24. The van der Waals surface area contributed by atoms with Crippen LogP contribution in [-0.2, 0) is 27.3 Å². The predicted molar refractivity (Wildman–Crippen MR) is 118 cm³/mol. The summed E-state index contributed by atoms with van der Waals surface area (Å²) in [6, 6.07) is 11.8. The maximum absolute atomic E-state index is 12.8. The van der Waals surface area contributed by atoms with Crippen molar-refractivity contribution in [3.8, 4) is 5.75 Å². The standard InChI is InChI=1S/C23H26N2O4S/c1-14(2)16-7-8-18-20(11-16)30-23(25(18)13-22(27)29-5)24-21(26)12-17-10-15(3)6-9-19(17)28-4/h6-11,14H,12-13H2,1-5H3. The topological polar surface area (TPSA) is 69.9 Å². The second-order valence-corrected chi connectivity index (χ2v) is 8.44. The van der Waals surface area contributed by atoms with Gasteiger partial charge >= 0.3 is 5.97 Å². The number of carbonyl (C=O) groups excluding carboxylic acids is 2. The summed E-state index contributed by atoms with van der Waals surface area (Å²) in [5, 5.41) is 0. The first kappa shape index (κ1) is 21.8. The van der Waals surface area contributed by atoms with Gasteiger partial charge in [-0.3, -0.25) is 9.59 Å². The zero-order valence-corrected chi connectivity index (χ0v) is 18.7. The molecule has 7 heteroatoms. The first-order valence-corrected chi connectivity index (χ1v) is 10.5. The van der Waals surface area contributed by atoms with E-state index in [0.29, 0.717) is 16.5 Å². The molecule has 1 amide bonds. The molecule has 0 saturated heterocycles. The highest BCUT2D eigenvalue weighted by molar-refractivity contribution is 7.16. The summed E-state index contributed by atoms with van der Waals surface area (Å²) in [5.41, 5.74) is 3.88. The fraction of sp³-hybridized carbons (Fsp3) is 0.348. The van der Waals surface area contributed by atoms with Gasteiger partial charge in [-0.15, -0.1) is 0 Å². The number of thiazole rings is 1. The largest absolute Gasteiger partial charge is 0.496 e. The molecular formula is C23H26N2O4S. The van der Waals surface area contributed by atoms with Gasteiger partial charge in [-0.2, -0.15) is 4.99 Å². The van der Waals surface area contributed by atoms with E-state index in [1.807, 2.05) is 37.3 Å². The van der Waals surface area contributed by atoms with Crippen molar-refractivity contribution in [1.29, 1.82) is 0 Å². The number of aromatic nitrogens is 1. The minimum Gasteiger partial charge on any atom is -0.496 e. The van der Waals surface area contributed by atoms with Gasteiger partial charge in [0, 0.05) is 5.56 Å². The summed E-state index contributed by atoms with van der Waals surface area (Å²) in [6.07, 6.45) is 0.120. The number of hydrogen-bond donors (Lipinski definition) is 0. The van der Waals surface area contributed by atoms with Gasteiger partial charge in [-0.1, -0.05) is 48.9 Å². The van der Waals surface area contributed by atoms with E-state index in [0.717, 1.165) is 21.3 Å². The number of methoxy groups -OCH3 is 2. The maximum atomic E-state index is 12.8. The number of nitrogens with zero attached hydrogens (tertiary/aromatic N) is 2. The third-order valence-corrected chi connectivity index (χ3v) is 5.93. The minimum absolute atomic E-state index is 0.00257. The molecule has 0 fully saturated rings. The quantitative estimate of drug-likeness (QED) is 0.559. The van der Waals surface area contributed by atoms with Crippen LogP contribution in [0.5, 0.6) is 5.75 Å². The Balaban J connectivity index is 2.05. The van der Waals surface area contributed by atoms with E-state index in [4.69, 9.17) is 9.47 Å². The molecule has 0 radical (unpaired) electrons. The van der Waals surface area contributed by atoms with Gasteiger partial charge in [0.15, 0.2) is 4.80 Å². The number of amides is 1. The molecule has 0 spiro atoms. The Bertz CT molecular complexity index is 1160. The van der Waals surface area contributed by atoms with Crippen LogP contribution < -0.4 is 9.54 Å². The first-order chi connectivity index (χ1) is 14.3. The van der Waals surface area contributed by atoms with Gasteiger partial charge in [0.2, 0.25) is 0 Å². The Hall–Kier alpha value is -2.93. The summed E-state index contributed by atoms with van der Waals surface area (Å²) in [5.74, 6) is 0.343. The van der Waals surface area contributed by atoms with Crippen molar-refractivity contribution >= 4 is 33.4 Å². The van der Waals surface area contributed by atoms with Crippen LogP contribution in [-0.4, -0.2) is 30.7 Å². The van der Waals surface area contributed by atoms with Crippen LogP contribution >= 0.6 is 11.3 Å². The molecular weight excluding hydrogens is 400 g/mol. The molecule has 0 aliphatic carbocycles. The van der Waals surface area contributed by atoms with Gasteiger partial charge in [0.1, 0.15) is 12.3 Å². The van der Waals surface area contributed by atoms with Crippen molar-refractivity contribution in [2.24, 2.45) is 4.99 Å². The van der Waals surface area contributed by atoms with E-state index in [1.165, 1.54) is 24.0 Å². The van der Waals surface area contributed by atoms with E-state index in [1.54, 1.807) is 11.7 Å². The molecule has 2 aromatic carbocycles. The smallest absolute Gasteiger partial charge is 0.325 e. The second-order valence-electron chi connectivity index (χ2n) is 7.43. The van der Waals surface area contributed by atoms with E-state index in [-0.39, 0.29) is 18.9 Å². The Morgan fingerprint density at radius 2 is 1.90 bits per heavy atom. The molecule has 0 saturated carbocycles. The van der Waals surface area contributed by atoms with Crippen LogP contribution in [0.2, 0.25) is 0 Å². The summed E-state index contributed by atoms with van der Waals surface area (Å²) in [4.78, 5) is 29.6. The summed E-state index contributed by atoms with van der Waals surface area (Å²) >= 11 is 1.40. The second kappa shape index (κ2) is 9.26. The minimum atomic E-state index is -0.392. The molecule has 0 N–H and O–H groups in total. The highest BCUT2D eigenvalue weighted by Gasteiger charge is 2.14. The molecule has 0 aliphatic heterocycles. The van der Waals surface area contributed by atoms with Gasteiger partial charge in [0.25, 0.3) is 5.91 Å². The van der Waals surface area contributed by atoms with Crippen LogP contribution in [0.15, 0.2) is 41.4 Å². The first-order valence-electron chi connectivity index (χ1n) is 9.73. The third kappa shape index (κ3) is 4.79. The molecule has 0 aliphatic rings. The molecule has 1 aromatic heterocycles. The van der Waals surface area contributed by atoms with Gasteiger partial charge in [-0.05, 0) is 36.6 Å². The van der Waals surface area contributed by atoms with Crippen molar-refractivity contribution in [2.45, 2.75) is 39.7 Å². The van der Waals surface area contributed by atoms with Crippen molar-refractivity contribution in [3.63, 3.8) is 0 Å². The van der Waals surface area contributed by atoms with Crippen molar-refractivity contribution in [3.05, 3.63) is 57.9 Å². The van der Waals surface area contributed by atoms with Crippen molar-refractivity contribution < 1.29 is 19.1 Å². The zero-order valence-electron chi connectivity index (χ0n) is 17.9. The lowest BCUT2D eigenvalue weighted by Crippen LogP contribution is -2.22. The fourth-order valence-electron chi connectivity index (χ4n) is 3.24. The molecule has 0 bridgehead atoms. The molecule has 30 heavy (non-hydrogen) atoms. The third-order valence-electron chi connectivity index (χ3n) is 4.89. The summed E-state index contributed by atoms with van der Waals surface area (Å²) in [7, 11) is 2.93. The normalized spacial score (nSPS) is 11.9. The Labute approximate surface area is 179 Å². The van der Waals surface area contributed by atoms with E-state index < -0.39 is 5.97 Å². The predicted octanol–water partition coefficient (Wildman–Crippen LogP) is 3.99. The lowest BCUT2D eigenvalue weighted by molar-refractivity contribution is -0.141. The van der Waals surface area contributed by atoms with Crippen LogP contribution in [0, 0.1) is 6.92 Å². The monoisotopic (exact) mass is 426 g/mol. The fourth-order valence-corrected chi connectivity index (χ4v) is 4.33. The van der Waals surface area contributed by atoms with E-state index in [9.17, 15) is 9.59 Å². The average molecular weight is 427 g/mol. The lowest BCUT2D eigenvalue weighted by atomic mass is 10.0. The number of benzene rings is 2. The molecule has 0 unspecified atom stereocenters. The number of esters is 1. The Morgan fingerprint density at radius 3 is 2.57 bits per heavy atom. The summed E-state index contributed by atoms with van der Waals surface area (Å²) < 4.78 is 12.9. The molecule has 0 atom stereocenters. The number of fused-ring (bicyclic) bond motifs is 1. The van der Waals surface area contributed by atoms with Gasteiger partial charge < -0.3 is 14.0 Å². The number of carbonyl (C=O) groups is 2. The van der Waals surface area contributed by atoms with Crippen LogP contribution in [0.4, 0.5) is 0 Å². The molecule has 158 valence electrons. The molecule has 6 nitrogen and oxygen atoms in total. The Morgan fingerprint density at radius 1 is 1.13 bits per heavy atom. The zero-order chi connectivity index (χ0) is 21.8. The number of hydrogen-bond acceptors (Lipinski definition) is 5. The maximum Gasteiger partial charge on any atom is 0.325 e.